The van der Waals surface area contributed by atoms with Crippen LogP contribution in [0.3, 0.4) is 0 Å². The molecule has 0 fully saturated rings. The van der Waals surface area contributed by atoms with E-state index < -0.39 is 0 Å². The van der Waals surface area contributed by atoms with Crippen molar-refractivity contribution < 1.29 is 14.3 Å². The molecule has 0 aromatic heterocycles. The molecule has 1 atom stereocenters. The maximum atomic E-state index is 11.6. The number of hydrogen-bond donors (Lipinski definition) is 0. The molecule has 0 saturated carbocycles. The Labute approximate surface area is 108 Å². The zero-order chi connectivity index (χ0) is 13.5. The molecule has 0 amide bonds. The van der Waals surface area contributed by atoms with E-state index in [2.05, 4.69) is 0 Å². The highest BCUT2D eigenvalue weighted by molar-refractivity contribution is 5.77. The molecular weight excluding hydrogens is 228 g/mol. The van der Waals surface area contributed by atoms with E-state index in [1.807, 2.05) is 51.1 Å². The Bertz CT molecular complexity index is 418. The Morgan fingerprint density at radius 1 is 1.33 bits per heavy atom. The summed E-state index contributed by atoms with van der Waals surface area (Å²) >= 11 is 0. The maximum absolute atomic E-state index is 11.6. The minimum absolute atomic E-state index is 0.181. The molecule has 0 spiro atoms. The fraction of sp³-hybridized carbons (Fsp3) is 0.400. The number of ether oxygens (including phenoxy) is 2. The molecule has 1 aromatic rings. The van der Waals surface area contributed by atoms with E-state index in [0.29, 0.717) is 6.61 Å². The number of hydrogen-bond acceptors (Lipinski definition) is 3. The summed E-state index contributed by atoms with van der Waals surface area (Å²) in [6.45, 7) is 6.02. The van der Waals surface area contributed by atoms with Crippen LogP contribution in [-0.2, 0) is 9.53 Å². The van der Waals surface area contributed by atoms with Gasteiger partial charge in [-0.1, -0.05) is 23.8 Å². The third-order valence-corrected chi connectivity index (χ3v) is 2.83. The molecule has 98 valence electrons. The monoisotopic (exact) mass is 248 g/mol. The van der Waals surface area contributed by atoms with E-state index >= 15 is 0 Å². The highest BCUT2D eigenvalue weighted by atomic mass is 16.5. The van der Waals surface area contributed by atoms with Crippen molar-refractivity contribution in [2.24, 2.45) is 5.92 Å². The van der Waals surface area contributed by atoms with Gasteiger partial charge >= 0.3 is 5.97 Å². The molecule has 0 bridgehead atoms. The normalized spacial score (nSPS) is 13.0. The lowest BCUT2D eigenvalue weighted by atomic mass is 10.0. The summed E-state index contributed by atoms with van der Waals surface area (Å²) in [7, 11) is 1.64. The van der Waals surface area contributed by atoms with Crippen LogP contribution >= 0.6 is 0 Å². The molecule has 0 radical (unpaired) electrons. The summed E-state index contributed by atoms with van der Waals surface area (Å²) in [5.41, 5.74) is 2.03. The molecule has 1 aromatic carbocycles. The van der Waals surface area contributed by atoms with Gasteiger partial charge in [0.05, 0.1) is 19.6 Å². The molecule has 3 nitrogen and oxygen atoms in total. The van der Waals surface area contributed by atoms with Crippen LogP contribution in [-0.4, -0.2) is 19.7 Å². The highest BCUT2D eigenvalue weighted by Crippen LogP contribution is 2.18. The van der Waals surface area contributed by atoms with Gasteiger partial charge in [0.15, 0.2) is 0 Å². The van der Waals surface area contributed by atoms with Crippen molar-refractivity contribution in [3.63, 3.8) is 0 Å². The van der Waals surface area contributed by atoms with Crippen LogP contribution in [0.2, 0.25) is 0 Å². The predicted octanol–water partition coefficient (Wildman–Crippen LogP) is 3.30. The summed E-state index contributed by atoms with van der Waals surface area (Å²) in [5.74, 6) is 0.426. The van der Waals surface area contributed by atoms with Gasteiger partial charge in [0.25, 0.3) is 0 Å². The first-order chi connectivity index (χ1) is 8.58. The van der Waals surface area contributed by atoms with Crippen molar-refractivity contribution in [1.29, 1.82) is 0 Å². The fourth-order valence-corrected chi connectivity index (χ4v) is 1.54. The van der Waals surface area contributed by atoms with Gasteiger partial charge in [-0.05, 0) is 38.5 Å². The molecule has 0 saturated heterocycles. The Hall–Kier alpha value is -1.77. The summed E-state index contributed by atoms with van der Waals surface area (Å²) in [6, 6.07) is 7.71. The maximum Gasteiger partial charge on any atom is 0.312 e. The van der Waals surface area contributed by atoms with Gasteiger partial charge in [-0.25, -0.2) is 0 Å². The first kappa shape index (κ1) is 14.3. The van der Waals surface area contributed by atoms with Crippen LogP contribution < -0.4 is 4.74 Å². The molecule has 0 aliphatic carbocycles. The number of carbonyl (C=O) groups excluding carboxylic acids is 1. The summed E-state index contributed by atoms with van der Waals surface area (Å²) in [5, 5.41) is 0. The van der Waals surface area contributed by atoms with Crippen molar-refractivity contribution >= 4 is 12.0 Å². The van der Waals surface area contributed by atoms with Crippen molar-refractivity contribution in [3.05, 3.63) is 35.4 Å². The molecule has 1 unspecified atom stereocenters. The number of methoxy groups -OCH3 is 1. The van der Waals surface area contributed by atoms with E-state index in [1.54, 1.807) is 7.11 Å². The summed E-state index contributed by atoms with van der Waals surface area (Å²) in [6.07, 6.45) is 1.99. The quantitative estimate of drug-likeness (QED) is 0.750. The van der Waals surface area contributed by atoms with Gasteiger partial charge < -0.3 is 9.47 Å². The standard InChI is InChI=1S/C15H20O3/c1-5-18-15(16)12(3)11(2)10-13-6-8-14(17-4)9-7-13/h6-10,12H,5H2,1-4H3/b11-10-. The molecule has 18 heavy (non-hydrogen) atoms. The molecule has 0 aliphatic heterocycles. The van der Waals surface area contributed by atoms with Gasteiger partial charge in [0.2, 0.25) is 0 Å². The van der Waals surface area contributed by atoms with Crippen molar-refractivity contribution in [3.8, 4) is 5.75 Å². The molecule has 0 N–H and O–H groups in total. The summed E-state index contributed by atoms with van der Waals surface area (Å²) < 4.78 is 10.1. The first-order valence-electron chi connectivity index (χ1n) is 6.07. The Kier molecular flexibility index (Phi) is 5.43. The van der Waals surface area contributed by atoms with Crippen LogP contribution in [0.5, 0.6) is 5.75 Å². The van der Waals surface area contributed by atoms with Crippen molar-refractivity contribution in [2.45, 2.75) is 20.8 Å². The molecule has 0 heterocycles. The molecular formula is C15H20O3. The number of carbonyl (C=O) groups is 1. The molecule has 0 aliphatic rings. The van der Waals surface area contributed by atoms with E-state index in [9.17, 15) is 4.79 Å². The first-order valence-corrected chi connectivity index (χ1v) is 6.07. The van der Waals surface area contributed by atoms with Gasteiger partial charge in [0, 0.05) is 0 Å². The van der Waals surface area contributed by atoms with Gasteiger partial charge in [0.1, 0.15) is 5.75 Å². The fourth-order valence-electron chi connectivity index (χ4n) is 1.54. The minimum atomic E-state index is -0.216. The Morgan fingerprint density at radius 2 is 1.94 bits per heavy atom. The lowest BCUT2D eigenvalue weighted by molar-refractivity contribution is -0.146. The van der Waals surface area contributed by atoms with Crippen LogP contribution in [0.25, 0.3) is 6.08 Å². The Balaban J connectivity index is 2.77. The third-order valence-electron chi connectivity index (χ3n) is 2.83. The minimum Gasteiger partial charge on any atom is -0.497 e. The topological polar surface area (TPSA) is 35.5 Å². The average Bonchev–Trinajstić information content (AvgIpc) is 2.39. The van der Waals surface area contributed by atoms with Crippen molar-refractivity contribution in [1.82, 2.24) is 0 Å². The second kappa shape index (κ2) is 6.84. The second-order valence-corrected chi connectivity index (χ2v) is 4.14. The lowest BCUT2D eigenvalue weighted by Gasteiger charge is -2.11. The highest BCUT2D eigenvalue weighted by Gasteiger charge is 2.15. The zero-order valence-electron chi connectivity index (χ0n) is 11.4. The molecule has 3 heteroatoms. The Morgan fingerprint density at radius 3 is 2.44 bits per heavy atom. The van der Waals surface area contributed by atoms with E-state index in [-0.39, 0.29) is 11.9 Å². The average molecular weight is 248 g/mol. The van der Waals surface area contributed by atoms with E-state index in [1.165, 1.54) is 0 Å². The number of esters is 1. The van der Waals surface area contributed by atoms with Gasteiger partial charge in [-0.3, -0.25) is 4.79 Å². The predicted molar refractivity (Wildman–Crippen MR) is 72.4 cm³/mol. The van der Waals surface area contributed by atoms with Crippen LogP contribution in [0.15, 0.2) is 29.8 Å². The second-order valence-electron chi connectivity index (χ2n) is 4.14. The largest absolute Gasteiger partial charge is 0.497 e. The van der Waals surface area contributed by atoms with Crippen LogP contribution in [0.4, 0.5) is 0 Å². The van der Waals surface area contributed by atoms with Crippen LogP contribution in [0, 0.1) is 5.92 Å². The van der Waals surface area contributed by atoms with Crippen molar-refractivity contribution in [2.75, 3.05) is 13.7 Å². The zero-order valence-corrected chi connectivity index (χ0v) is 11.4. The molecule has 1 rings (SSSR count). The van der Waals surface area contributed by atoms with Crippen LogP contribution in [0.1, 0.15) is 26.3 Å². The van der Waals surface area contributed by atoms with E-state index in [0.717, 1.165) is 16.9 Å². The lowest BCUT2D eigenvalue weighted by Crippen LogP contribution is -2.15. The third kappa shape index (κ3) is 3.91. The summed E-state index contributed by atoms with van der Waals surface area (Å²) in [4.78, 5) is 11.6. The van der Waals surface area contributed by atoms with Gasteiger partial charge in [-0.2, -0.15) is 0 Å². The number of rotatable bonds is 5. The SMILES string of the molecule is CCOC(=O)C(C)/C(C)=C\c1ccc(OC)cc1. The van der Waals surface area contributed by atoms with Gasteiger partial charge in [-0.15, -0.1) is 0 Å². The number of benzene rings is 1. The smallest absolute Gasteiger partial charge is 0.312 e. The van der Waals surface area contributed by atoms with E-state index in [4.69, 9.17) is 9.47 Å².